The van der Waals surface area contributed by atoms with E-state index in [0.717, 1.165) is 5.56 Å². The maximum atomic E-state index is 12.3. The molecule has 0 saturated carbocycles. The van der Waals surface area contributed by atoms with Crippen molar-refractivity contribution in [3.8, 4) is 0 Å². The Bertz CT molecular complexity index is 952. The zero-order valence-corrected chi connectivity index (χ0v) is 15.6. The van der Waals surface area contributed by atoms with Crippen LogP contribution in [0.4, 0.5) is 11.6 Å². The predicted octanol–water partition coefficient (Wildman–Crippen LogP) is 3.44. The third-order valence-electron chi connectivity index (χ3n) is 4.05. The zero-order valence-electron chi connectivity index (χ0n) is 15.6. The minimum absolute atomic E-state index is 0.331. The van der Waals surface area contributed by atoms with Crippen molar-refractivity contribution in [3.05, 3.63) is 83.2 Å². The largest absolute Gasteiger partial charge is 0.465 e. The highest BCUT2D eigenvalue weighted by atomic mass is 16.5. The van der Waals surface area contributed by atoms with Crippen molar-refractivity contribution in [2.45, 2.75) is 13.5 Å². The molecular formula is C21H20N4O3. The molecule has 1 aromatic heterocycles. The third-order valence-corrected chi connectivity index (χ3v) is 4.05. The second-order valence-corrected chi connectivity index (χ2v) is 6.16. The van der Waals surface area contributed by atoms with Crippen LogP contribution in [0.1, 0.15) is 31.8 Å². The molecule has 1 heterocycles. The van der Waals surface area contributed by atoms with Crippen molar-refractivity contribution in [3.63, 3.8) is 0 Å². The average molecular weight is 376 g/mol. The van der Waals surface area contributed by atoms with Gasteiger partial charge >= 0.3 is 5.97 Å². The van der Waals surface area contributed by atoms with Crippen molar-refractivity contribution in [1.82, 2.24) is 9.97 Å². The fourth-order valence-corrected chi connectivity index (χ4v) is 2.43. The van der Waals surface area contributed by atoms with Gasteiger partial charge in [0, 0.05) is 24.6 Å². The van der Waals surface area contributed by atoms with E-state index >= 15 is 0 Å². The molecule has 0 aliphatic heterocycles. The molecule has 0 fully saturated rings. The van der Waals surface area contributed by atoms with Gasteiger partial charge in [-0.25, -0.2) is 14.8 Å². The second-order valence-electron chi connectivity index (χ2n) is 6.16. The molecule has 7 nitrogen and oxygen atoms in total. The summed E-state index contributed by atoms with van der Waals surface area (Å²) in [5, 5.41) is 5.85. The van der Waals surface area contributed by atoms with E-state index in [1.807, 2.05) is 31.2 Å². The smallest absolute Gasteiger partial charge is 0.337 e. The number of hydrogen-bond donors (Lipinski definition) is 2. The minimum atomic E-state index is -0.431. The number of nitrogens with zero attached hydrogens (tertiary/aromatic N) is 2. The second kappa shape index (κ2) is 8.77. The Hall–Kier alpha value is -3.74. The summed E-state index contributed by atoms with van der Waals surface area (Å²) in [6.45, 7) is 2.63. The van der Waals surface area contributed by atoms with Crippen LogP contribution in [0.2, 0.25) is 0 Å². The predicted molar refractivity (Wildman–Crippen MR) is 106 cm³/mol. The Morgan fingerprint density at radius 2 is 1.57 bits per heavy atom. The van der Waals surface area contributed by atoms with Crippen molar-refractivity contribution in [2.24, 2.45) is 0 Å². The van der Waals surface area contributed by atoms with Gasteiger partial charge in [-0.3, -0.25) is 4.79 Å². The van der Waals surface area contributed by atoms with Gasteiger partial charge in [0.25, 0.3) is 5.91 Å². The van der Waals surface area contributed by atoms with Gasteiger partial charge in [0.15, 0.2) is 0 Å². The highest BCUT2D eigenvalue weighted by Gasteiger charge is 2.09. The topological polar surface area (TPSA) is 93.2 Å². The number of aromatic nitrogens is 2. The van der Waals surface area contributed by atoms with Crippen molar-refractivity contribution in [1.29, 1.82) is 0 Å². The molecule has 1 amide bonds. The molecule has 28 heavy (non-hydrogen) atoms. The zero-order chi connectivity index (χ0) is 19.9. The number of benzene rings is 2. The number of anilines is 2. The summed E-state index contributed by atoms with van der Waals surface area (Å²) >= 11 is 0. The van der Waals surface area contributed by atoms with E-state index in [1.165, 1.54) is 25.1 Å². The first-order valence-corrected chi connectivity index (χ1v) is 8.66. The fourth-order valence-electron chi connectivity index (χ4n) is 2.43. The van der Waals surface area contributed by atoms with Crippen LogP contribution < -0.4 is 10.6 Å². The maximum absolute atomic E-state index is 12.3. The lowest BCUT2D eigenvalue weighted by Crippen LogP contribution is -2.13. The lowest BCUT2D eigenvalue weighted by atomic mass is 10.1. The Kier molecular flexibility index (Phi) is 5.96. The molecule has 0 bridgehead atoms. The van der Waals surface area contributed by atoms with Crippen LogP contribution in [0.25, 0.3) is 0 Å². The molecule has 0 aliphatic rings. The molecule has 3 rings (SSSR count). The highest BCUT2D eigenvalue weighted by molar-refractivity contribution is 6.04. The molecular weight excluding hydrogens is 356 g/mol. The van der Waals surface area contributed by atoms with Crippen molar-refractivity contribution < 1.29 is 14.3 Å². The molecule has 2 N–H and O–H groups in total. The van der Waals surface area contributed by atoms with Gasteiger partial charge in [0.2, 0.25) is 5.95 Å². The first-order chi connectivity index (χ1) is 13.5. The molecule has 142 valence electrons. The fraction of sp³-hybridized carbons (Fsp3) is 0.143. The number of hydrogen-bond acceptors (Lipinski definition) is 6. The Morgan fingerprint density at radius 3 is 2.18 bits per heavy atom. The number of esters is 1. The van der Waals surface area contributed by atoms with E-state index in [-0.39, 0.29) is 5.91 Å². The van der Waals surface area contributed by atoms with Crippen LogP contribution >= 0.6 is 0 Å². The van der Waals surface area contributed by atoms with E-state index in [2.05, 4.69) is 25.3 Å². The number of rotatable bonds is 6. The van der Waals surface area contributed by atoms with Crippen molar-refractivity contribution in [2.75, 3.05) is 17.7 Å². The molecule has 0 radical (unpaired) electrons. The van der Waals surface area contributed by atoms with Gasteiger partial charge in [0.1, 0.15) is 0 Å². The summed E-state index contributed by atoms with van der Waals surface area (Å²) in [5.41, 5.74) is 3.62. The summed E-state index contributed by atoms with van der Waals surface area (Å²) in [7, 11) is 1.32. The van der Waals surface area contributed by atoms with Crippen LogP contribution in [0, 0.1) is 6.92 Å². The highest BCUT2D eigenvalue weighted by Crippen LogP contribution is 2.12. The monoisotopic (exact) mass is 376 g/mol. The van der Waals surface area contributed by atoms with Gasteiger partial charge in [-0.05, 0) is 36.8 Å². The van der Waals surface area contributed by atoms with Crippen LogP contribution in [0.5, 0.6) is 0 Å². The molecule has 2 aromatic carbocycles. The van der Waals surface area contributed by atoms with Crippen molar-refractivity contribution >= 4 is 23.5 Å². The van der Waals surface area contributed by atoms with Gasteiger partial charge < -0.3 is 15.4 Å². The first kappa shape index (κ1) is 19.0. The maximum Gasteiger partial charge on any atom is 0.337 e. The van der Waals surface area contributed by atoms with Gasteiger partial charge in [-0.15, -0.1) is 0 Å². The van der Waals surface area contributed by atoms with E-state index in [1.54, 1.807) is 24.3 Å². The SMILES string of the molecule is COC(=O)c1ccc(NC(=O)c2cnc(NCc3ccc(C)cc3)nc2)cc1. The molecule has 0 saturated heterocycles. The van der Waals surface area contributed by atoms with Gasteiger partial charge in [-0.2, -0.15) is 0 Å². The van der Waals surface area contributed by atoms with Crippen LogP contribution in [0.15, 0.2) is 60.9 Å². The number of aryl methyl sites for hydroxylation is 1. The number of methoxy groups -OCH3 is 1. The summed E-state index contributed by atoms with van der Waals surface area (Å²) < 4.78 is 4.64. The third kappa shape index (κ3) is 4.91. The quantitative estimate of drug-likeness (QED) is 0.640. The molecule has 0 spiro atoms. The van der Waals surface area contributed by atoms with E-state index in [0.29, 0.717) is 29.3 Å². The minimum Gasteiger partial charge on any atom is -0.465 e. The number of ether oxygens (including phenoxy) is 1. The average Bonchev–Trinajstić information content (AvgIpc) is 2.73. The summed E-state index contributed by atoms with van der Waals surface area (Å²) in [6.07, 6.45) is 2.92. The van der Waals surface area contributed by atoms with Crippen LogP contribution in [0.3, 0.4) is 0 Å². The molecule has 3 aromatic rings. The summed E-state index contributed by atoms with van der Waals surface area (Å²) in [5.74, 6) is -0.324. The van der Waals surface area contributed by atoms with E-state index in [9.17, 15) is 9.59 Å². The molecule has 0 aliphatic carbocycles. The number of carbonyl (C=O) groups excluding carboxylic acids is 2. The lowest BCUT2D eigenvalue weighted by molar-refractivity contribution is 0.0600. The normalized spacial score (nSPS) is 10.2. The molecule has 0 unspecified atom stereocenters. The summed E-state index contributed by atoms with van der Waals surface area (Å²) in [6, 6.07) is 14.6. The first-order valence-electron chi connectivity index (χ1n) is 8.66. The Morgan fingerprint density at radius 1 is 0.929 bits per heavy atom. The molecule has 0 atom stereocenters. The molecule has 7 heteroatoms. The van der Waals surface area contributed by atoms with Crippen LogP contribution in [-0.2, 0) is 11.3 Å². The number of nitrogens with one attached hydrogen (secondary N) is 2. The summed E-state index contributed by atoms with van der Waals surface area (Å²) in [4.78, 5) is 32.1. The lowest BCUT2D eigenvalue weighted by Gasteiger charge is -2.07. The standard InChI is InChI=1S/C21H20N4O3/c1-14-3-5-15(6-4-14)11-22-21-23-12-17(13-24-21)19(26)25-18-9-7-16(8-10-18)20(27)28-2/h3-10,12-13H,11H2,1-2H3,(H,25,26)(H,22,23,24). The number of amides is 1. The van der Waals surface area contributed by atoms with Gasteiger partial charge in [0.05, 0.1) is 18.2 Å². The van der Waals surface area contributed by atoms with Crippen LogP contribution in [-0.4, -0.2) is 29.0 Å². The van der Waals surface area contributed by atoms with E-state index in [4.69, 9.17) is 0 Å². The number of carbonyl (C=O) groups is 2. The Labute approximate surface area is 162 Å². The van der Waals surface area contributed by atoms with E-state index < -0.39 is 5.97 Å². The Balaban J connectivity index is 1.57. The van der Waals surface area contributed by atoms with Gasteiger partial charge in [-0.1, -0.05) is 29.8 Å².